The average molecular weight is 1110 g/mol. The zero-order valence-corrected chi connectivity index (χ0v) is 50.3. The van der Waals surface area contributed by atoms with E-state index in [1.54, 1.807) is 0 Å². The molecule has 0 aliphatic carbocycles. The standard InChI is InChI=1S/C80H64N6/c1-45-19-27-67-57(35-45)58-36-46(2)20-28-68(58)83(67)77-75(56-43-53(9)81-54(10)44-56)78(84-69-29-21-47(3)37-59(69)60-38-48(4)22-30-70(60)84)80(86-73-33-25-51(7)41-63(73)64-42-52(8)26-34-74(64)86)76(66-18-14-17-65(82-66)55-15-12-11-13-16-55)79(77)85-71-31-23-49(5)39-61(71)62-40-50(6)24-32-72(62)85/h11-44H,1-10H3. The summed E-state index contributed by atoms with van der Waals surface area (Å²) in [6.45, 7) is 22.1. The van der Waals surface area contributed by atoms with Crippen LogP contribution in [0.4, 0.5) is 0 Å². The van der Waals surface area contributed by atoms with Crippen molar-refractivity contribution in [3.05, 3.63) is 262 Å². The highest BCUT2D eigenvalue weighted by Crippen LogP contribution is 2.55. The molecule has 0 saturated carbocycles. The number of nitrogens with zero attached hydrogens (tertiary/aromatic N) is 6. The van der Waals surface area contributed by atoms with E-state index in [1.807, 2.05) is 0 Å². The SMILES string of the molecule is Cc1ccc2c(c1)c1cc(C)ccc1n2-c1c(-c2cc(C)nc(C)c2)c(-n2c3ccc(C)cc3c3cc(C)ccc32)c(-n2c3ccc(C)cc3c3cc(C)ccc32)c(-c2cccc(-c3ccccc3)n2)c1-n1c2ccc(C)cc2c2cc(C)ccc21. The van der Waals surface area contributed by atoms with E-state index in [9.17, 15) is 0 Å². The van der Waals surface area contributed by atoms with E-state index in [2.05, 4.69) is 294 Å². The van der Waals surface area contributed by atoms with E-state index >= 15 is 0 Å². The molecule has 0 saturated heterocycles. The van der Waals surface area contributed by atoms with Crippen LogP contribution in [0.1, 0.15) is 55.9 Å². The van der Waals surface area contributed by atoms with Gasteiger partial charge in [-0.2, -0.15) is 0 Å². The minimum atomic E-state index is 0.843. The topological polar surface area (TPSA) is 45.5 Å². The molecular formula is C80H64N6. The van der Waals surface area contributed by atoms with Gasteiger partial charge in [-0.15, -0.1) is 0 Å². The molecule has 16 aromatic rings. The summed E-state index contributed by atoms with van der Waals surface area (Å²) in [5, 5.41) is 9.56. The van der Waals surface area contributed by atoms with Gasteiger partial charge in [0.2, 0.25) is 0 Å². The van der Waals surface area contributed by atoms with Gasteiger partial charge in [-0.05, 0) is 196 Å². The summed E-state index contributed by atoms with van der Waals surface area (Å²) >= 11 is 0. The zero-order chi connectivity index (χ0) is 58.5. The number of pyridine rings is 2. The Balaban J connectivity index is 1.31. The number of aryl methyl sites for hydroxylation is 10. The molecule has 86 heavy (non-hydrogen) atoms. The van der Waals surface area contributed by atoms with Crippen molar-refractivity contribution in [2.75, 3.05) is 0 Å². The van der Waals surface area contributed by atoms with Gasteiger partial charge in [-0.1, -0.05) is 129 Å². The van der Waals surface area contributed by atoms with Gasteiger partial charge in [0.25, 0.3) is 0 Å². The lowest BCUT2D eigenvalue weighted by Gasteiger charge is -2.31. The first-order valence-electron chi connectivity index (χ1n) is 30.0. The van der Waals surface area contributed by atoms with E-state index in [0.717, 1.165) is 112 Å². The molecule has 0 atom stereocenters. The first-order chi connectivity index (χ1) is 41.7. The van der Waals surface area contributed by atoms with Gasteiger partial charge >= 0.3 is 0 Å². The fourth-order valence-corrected chi connectivity index (χ4v) is 14.4. The monoisotopic (exact) mass is 1110 g/mol. The summed E-state index contributed by atoms with van der Waals surface area (Å²) in [5.74, 6) is 0. The molecule has 6 heterocycles. The van der Waals surface area contributed by atoms with Crippen molar-refractivity contribution in [1.29, 1.82) is 0 Å². The molecule has 16 rings (SSSR count). The number of aromatic nitrogens is 6. The maximum absolute atomic E-state index is 6.05. The highest BCUT2D eigenvalue weighted by Gasteiger charge is 2.36. The summed E-state index contributed by atoms with van der Waals surface area (Å²) < 4.78 is 10.5. The number of rotatable bonds is 7. The van der Waals surface area contributed by atoms with Crippen molar-refractivity contribution in [3.63, 3.8) is 0 Å². The van der Waals surface area contributed by atoms with Crippen LogP contribution in [0.25, 0.3) is 144 Å². The highest BCUT2D eigenvalue weighted by molar-refractivity contribution is 6.19. The molecule has 0 unspecified atom stereocenters. The fraction of sp³-hybridized carbons (Fsp3) is 0.125. The molecule has 0 amide bonds. The van der Waals surface area contributed by atoms with Crippen LogP contribution in [0.2, 0.25) is 0 Å². The average Bonchev–Trinajstić information content (AvgIpc) is 1.39. The number of hydrogen-bond acceptors (Lipinski definition) is 2. The second kappa shape index (κ2) is 19.1. The van der Waals surface area contributed by atoms with Crippen molar-refractivity contribution in [1.82, 2.24) is 28.2 Å². The van der Waals surface area contributed by atoms with Crippen LogP contribution < -0.4 is 0 Å². The Kier molecular flexibility index (Phi) is 11.4. The van der Waals surface area contributed by atoms with Gasteiger partial charge < -0.3 is 18.3 Å². The van der Waals surface area contributed by atoms with Crippen LogP contribution in [-0.4, -0.2) is 28.2 Å². The van der Waals surface area contributed by atoms with E-state index in [-0.39, 0.29) is 0 Å². The Bertz CT molecular complexity index is 5050. The van der Waals surface area contributed by atoms with Crippen molar-refractivity contribution >= 4 is 87.2 Å². The Morgan fingerprint density at radius 1 is 0.221 bits per heavy atom. The first kappa shape index (κ1) is 51.3. The van der Waals surface area contributed by atoms with Gasteiger partial charge in [0, 0.05) is 65.6 Å². The Labute approximate surface area is 500 Å². The third kappa shape index (κ3) is 7.78. The molecule has 10 aromatic carbocycles. The quantitative estimate of drug-likeness (QED) is 0.160. The van der Waals surface area contributed by atoms with Crippen LogP contribution >= 0.6 is 0 Å². The molecule has 0 N–H and O–H groups in total. The van der Waals surface area contributed by atoms with Crippen LogP contribution in [0, 0.1) is 69.2 Å². The van der Waals surface area contributed by atoms with Crippen molar-refractivity contribution < 1.29 is 0 Å². The second-order valence-electron chi connectivity index (χ2n) is 24.6. The molecule has 6 heteroatoms. The maximum atomic E-state index is 6.05. The van der Waals surface area contributed by atoms with Gasteiger partial charge in [-0.3, -0.25) is 4.98 Å². The number of benzene rings is 10. The highest BCUT2D eigenvalue weighted by atomic mass is 15.1. The molecule has 0 fully saturated rings. The lowest BCUT2D eigenvalue weighted by Crippen LogP contribution is -2.16. The molecule has 0 aliphatic rings. The van der Waals surface area contributed by atoms with Crippen molar-refractivity contribution in [2.45, 2.75) is 69.2 Å². The van der Waals surface area contributed by atoms with Gasteiger partial charge in [0.1, 0.15) is 0 Å². The third-order valence-electron chi connectivity index (χ3n) is 18.0. The van der Waals surface area contributed by atoms with Crippen molar-refractivity contribution in [3.8, 4) is 56.4 Å². The van der Waals surface area contributed by atoms with Crippen LogP contribution in [-0.2, 0) is 0 Å². The molecule has 6 aromatic heterocycles. The van der Waals surface area contributed by atoms with Gasteiger partial charge in [0.05, 0.1) is 83.8 Å². The molecule has 6 nitrogen and oxygen atoms in total. The van der Waals surface area contributed by atoms with Crippen LogP contribution in [0.15, 0.2) is 206 Å². The summed E-state index contributed by atoms with van der Waals surface area (Å²) in [6, 6.07) is 78.3. The molecule has 0 aliphatic heterocycles. The molecule has 0 radical (unpaired) electrons. The number of fused-ring (bicyclic) bond motifs is 12. The predicted molar refractivity (Wildman–Crippen MR) is 363 cm³/mol. The normalized spacial score (nSPS) is 12.1. The zero-order valence-electron chi connectivity index (χ0n) is 50.3. The number of hydrogen-bond donors (Lipinski definition) is 0. The summed E-state index contributed by atoms with van der Waals surface area (Å²) in [4.78, 5) is 11.2. The van der Waals surface area contributed by atoms with Gasteiger partial charge in [0.15, 0.2) is 0 Å². The summed E-state index contributed by atoms with van der Waals surface area (Å²) in [5.41, 5.74) is 30.4. The molecule has 0 spiro atoms. The van der Waals surface area contributed by atoms with Crippen LogP contribution in [0.5, 0.6) is 0 Å². The van der Waals surface area contributed by atoms with Gasteiger partial charge in [-0.25, -0.2) is 4.98 Å². The molecular weight excluding hydrogens is 1040 g/mol. The first-order valence-corrected chi connectivity index (χ1v) is 30.0. The predicted octanol–water partition coefficient (Wildman–Crippen LogP) is 21.0. The maximum Gasteiger partial charge on any atom is 0.0827 e. The fourth-order valence-electron chi connectivity index (χ4n) is 14.4. The largest absolute Gasteiger partial charge is 0.306 e. The molecule has 0 bridgehead atoms. The van der Waals surface area contributed by atoms with Crippen molar-refractivity contribution in [2.24, 2.45) is 0 Å². The van der Waals surface area contributed by atoms with E-state index in [0.29, 0.717) is 0 Å². The molecule has 414 valence electrons. The summed E-state index contributed by atoms with van der Waals surface area (Å²) in [7, 11) is 0. The summed E-state index contributed by atoms with van der Waals surface area (Å²) in [6.07, 6.45) is 0. The van der Waals surface area contributed by atoms with E-state index in [4.69, 9.17) is 9.97 Å². The third-order valence-corrected chi connectivity index (χ3v) is 18.0. The van der Waals surface area contributed by atoms with E-state index in [1.165, 1.54) is 87.6 Å². The lowest BCUT2D eigenvalue weighted by molar-refractivity contribution is 1.04. The van der Waals surface area contributed by atoms with E-state index < -0.39 is 0 Å². The Morgan fingerprint density at radius 3 is 0.779 bits per heavy atom. The Hall–Kier alpha value is -10.3. The second-order valence-corrected chi connectivity index (χ2v) is 24.6. The lowest BCUT2D eigenvalue weighted by atomic mass is 9.91. The minimum absolute atomic E-state index is 0.843. The smallest absolute Gasteiger partial charge is 0.0827 e. The Morgan fingerprint density at radius 2 is 0.488 bits per heavy atom. The minimum Gasteiger partial charge on any atom is -0.306 e. The van der Waals surface area contributed by atoms with Crippen LogP contribution in [0.3, 0.4) is 0 Å².